The second kappa shape index (κ2) is 6.54. The largest absolute Gasteiger partial charge is 0.310 e. The molecule has 0 spiro atoms. The average molecular weight is 283 g/mol. The van der Waals surface area contributed by atoms with Gasteiger partial charge in [0, 0.05) is 30.2 Å². The van der Waals surface area contributed by atoms with E-state index in [0.29, 0.717) is 12.1 Å². The lowest BCUT2D eigenvalue weighted by Gasteiger charge is -2.35. The molecule has 1 aromatic heterocycles. The van der Waals surface area contributed by atoms with E-state index in [1.807, 2.05) is 12.3 Å². The lowest BCUT2D eigenvalue weighted by Crippen LogP contribution is -2.44. The van der Waals surface area contributed by atoms with Crippen LogP contribution in [-0.2, 0) is 6.54 Å². The fourth-order valence-electron chi connectivity index (χ4n) is 3.18. The quantitative estimate of drug-likeness (QED) is 0.934. The molecule has 1 aliphatic rings. The maximum absolute atomic E-state index is 4.53. The van der Waals surface area contributed by atoms with Gasteiger partial charge in [-0.05, 0) is 51.4 Å². The zero-order valence-electron chi connectivity index (χ0n) is 13.0. The van der Waals surface area contributed by atoms with E-state index >= 15 is 0 Å². The molecule has 3 heteroatoms. The van der Waals surface area contributed by atoms with Gasteiger partial charge >= 0.3 is 0 Å². The second-order valence-electron chi connectivity index (χ2n) is 6.28. The van der Waals surface area contributed by atoms with E-state index < -0.39 is 0 Å². The number of benzene rings is 1. The molecule has 1 fully saturated rings. The molecule has 112 valence electrons. The van der Waals surface area contributed by atoms with Crippen LogP contribution in [0.5, 0.6) is 0 Å². The van der Waals surface area contributed by atoms with Gasteiger partial charge in [0.2, 0.25) is 0 Å². The summed E-state index contributed by atoms with van der Waals surface area (Å²) in [6, 6.07) is 11.9. The lowest BCUT2D eigenvalue weighted by molar-refractivity contribution is 0.161. The van der Waals surface area contributed by atoms with Crippen molar-refractivity contribution in [3.8, 4) is 0 Å². The highest BCUT2D eigenvalue weighted by Crippen LogP contribution is 2.17. The van der Waals surface area contributed by atoms with Crippen LogP contribution in [0.1, 0.15) is 32.3 Å². The standard InChI is InChI=1S/C18H25N3/c1-14(2)21-11-8-17(9-12-21)20-13-16-6-3-5-15-7-4-10-19-18(15)16/h3-7,10,14,17,20H,8-9,11-13H2,1-2H3. The summed E-state index contributed by atoms with van der Waals surface area (Å²) in [5.74, 6) is 0. The SMILES string of the molecule is CC(C)N1CCC(NCc2cccc3cccnc23)CC1. The fourth-order valence-corrected chi connectivity index (χ4v) is 3.18. The van der Waals surface area contributed by atoms with Crippen molar-refractivity contribution in [2.24, 2.45) is 0 Å². The fraction of sp³-hybridized carbons (Fsp3) is 0.500. The van der Waals surface area contributed by atoms with Crippen LogP contribution >= 0.6 is 0 Å². The predicted octanol–water partition coefficient (Wildman–Crippen LogP) is 3.20. The minimum Gasteiger partial charge on any atom is -0.310 e. The molecule has 1 aromatic carbocycles. The molecule has 1 aliphatic heterocycles. The number of rotatable bonds is 4. The highest BCUT2D eigenvalue weighted by atomic mass is 15.2. The van der Waals surface area contributed by atoms with Crippen molar-refractivity contribution in [3.63, 3.8) is 0 Å². The topological polar surface area (TPSA) is 28.2 Å². The summed E-state index contributed by atoms with van der Waals surface area (Å²) in [6.45, 7) is 7.91. The molecule has 0 amide bonds. The van der Waals surface area contributed by atoms with Gasteiger partial charge in [0.1, 0.15) is 0 Å². The first-order valence-electron chi connectivity index (χ1n) is 8.04. The van der Waals surface area contributed by atoms with Crippen molar-refractivity contribution in [3.05, 3.63) is 42.1 Å². The summed E-state index contributed by atoms with van der Waals surface area (Å²) >= 11 is 0. The van der Waals surface area contributed by atoms with Gasteiger partial charge in [0.05, 0.1) is 5.52 Å². The van der Waals surface area contributed by atoms with Gasteiger partial charge in [0.25, 0.3) is 0 Å². The molecule has 1 saturated heterocycles. The monoisotopic (exact) mass is 283 g/mol. The third-order valence-corrected chi connectivity index (χ3v) is 4.56. The Balaban J connectivity index is 1.60. The Bertz CT molecular complexity index is 581. The zero-order valence-corrected chi connectivity index (χ0v) is 13.0. The van der Waals surface area contributed by atoms with Crippen molar-refractivity contribution in [1.82, 2.24) is 15.2 Å². The van der Waals surface area contributed by atoms with Gasteiger partial charge < -0.3 is 10.2 Å². The number of fused-ring (bicyclic) bond motifs is 1. The van der Waals surface area contributed by atoms with E-state index in [-0.39, 0.29) is 0 Å². The van der Waals surface area contributed by atoms with E-state index in [2.05, 4.69) is 53.3 Å². The van der Waals surface area contributed by atoms with E-state index in [9.17, 15) is 0 Å². The molecule has 0 unspecified atom stereocenters. The Hall–Kier alpha value is -1.45. The number of hydrogen-bond donors (Lipinski definition) is 1. The van der Waals surface area contributed by atoms with Crippen molar-refractivity contribution in [1.29, 1.82) is 0 Å². The molecule has 0 bridgehead atoms. The lowest BCUT2D eigenvalue weighted by atomic mass is 10.0. The Kier molecular flexibility index (Phi) is 4.51. The van der Waals surface area contributed by atoms with E-state index in [1.165, 1.54) is 36.9 Å². The third-order valence-electron chi connectivity index (χ3n) is 4.56. The number of likely N-dealkylation sites (tertiary alicyclic amines) is 1. The number of nitrogens with zero attached hydrogens (tertiary/aromatic N) is 2. The Morgan fingerprint density at radius 3 is 2.71 bits per heavy atom. The number of pyridine rings is 1. The van der Waals surface area contributed by atoms with Crippen molar-refractivity contribution in [2.75, 3.05) is 13.1 Å². The van der Waals surface area contributed by atoms with Gasteiger partial charge in [0.15, 0.2) is 0 Å². The smallest absolute Gasteiger partial charge is 0.0746 e. The van der Waals surface area contributed by atoms with Crippen LogP contribution in [0.25, 0.3) is 10.9 Å². The maximum atomic E-state index is 4.53. The molecular formula is C18H25N3. The first-order chi connectivity index (χ1) is 10.2. The Labute approximate surface area is 127 Å². The summed E-state index contributed by atoms with van der Waals surface area (Å²) in [5, 5.41) is 4.95. The van der Waals surface area contributed by atoms with Gasteiger partial charge in [-0.15, -0.1) is 0 Å². The van der Waals surface area contributed by atoms with Crippen LogP contribution < -0.4 is 5.32 Å². The summed E-state index contributed by atoms with van der Waals surface area (Å²) in [5.41, 5.74) is 2.44. The highest BCUT2D eigenvalue weighted by molar-refractivity contribution is 5.81. The van der Waals surface area contributed by atoms with Crippen LogP contribution in [0.4, 0.5) is 0 Å². The molecule has 3 rings (SSSR count). The maximum Gasteiger partial charge on any atom is 0.0746 e. The first-order valence-corrected chi connectivity index (χ1v) is 8.04. The minimum atomic E-state index is 0.638. The Morgan fingerprint density at radius 1 is 1.19 bits per heavy atom. The average Bonchev–Trinajstić information content (AvgIpc) is 2.53. The van der Waals surface area contributed by atoms with E-state index in [4.69, 9.17) is 0 Å². The van der Waals surface area contributed by atoms with Crippen LogP contribution in [0.3, 0.4) is 0 Å². The van der Waals surface area contributed by atoms with Crippen LogP contribution in [-0.4, -0.2) is 35.1 Å². The molecule has 0 aliphatic carbocycles. The highest BCUT2D eigenvalue weighted by Gasteiger charge is 2.20. The molecule has 21 heavy (non-hydrogen) atoms. The van der Waals surface area contributed by atoms with Gasteiger partial charge in [-0.2, -0.15) is 0 Å². The summed E-state index contributed by atoms with van der Waals surface area (Å²) in [6.07, 6.45) is 4.37. The second-order valence-corrected chi connectivity index (χ2v) is 6.28. The third kappa shape index (κ3) is 3.42. The minimum absolute atomic E-state index is 0.638. The van der Waals surface area contributed by atoms with Gasteiger partial charge in [-0.1, -0.05) is 24.3 Å². The molecule has 3 nitrogen and oxygen atoms in total. The number of piperidine rings is 1. The number of nitrogens with one attached hydrogen (secondary N) is 1. The number of para-hydroxylation sites is 1. The van der Waals surface area contributed by atoms with Gasteiger partial charge in [-0.3, -0.25) is 4.98 Å². The molecule has 2 heterocycles. The van der Waals surface area contributed by atoms with E-state index in [0.717, 1.165) is 12.1 Å². The zero-order chi connectivity index (χ0) is 14.7. The molecule has 0 saturated carbocycles. The van der Waals surface area contributed by atoms with Gasteiger partial charge in [-0.25, -0.2) is 0 Å². The molecule has 0 radical (unpaired) electrons. The van der Waals surface area contributed by atoms with E-state index in [1.54, 1.807) is 0 Å². The Morgan fingerprint density at radius 2 is 1.95 bits per heavy atom. The van der Waals surface area contributed by atoms with Crippen molar-refractivity contribution in [2.45, 2.75) is 45.3 Å². The molecule has 1 N–H and O–H groups in total. The van der Waals surface area contributed by atoms with Crippen molar-refractivity contribution >= 4 is 10.9 Å². The van der Waals surface area contributed by atoms with Crippen LogP contribution in [0.15, 0.2) is 36.5 Å². The molecule has 0 atom stereocenters. The summed E-state index contributed by atoms with van der Waals surface area (Å²) in [7, 11) is 0. The normalized spacial score (nSPS) is 17.7. The summed E-state index contributed by atoms with van der Waals surface area (Å²) in [4.78, 5) is 7.10. The predicted molar refractivity (Wildman–Crippen MR) is 88.3 cm³/mol. The number of aromatic nitrogens is 1. The van der Waals surface area contributed by atoms with Crippen LogP contribution in [0, 0.1) is 0 Å². The number of hydrogen-bond acceptors (Lipinski definition) is 3. The molecular weight excluding hydrogens is 258 g/mol. The summed E-state index contributed by atoms with van der Waals surface area (Å²) < 4.78 is 0. The van der Waals surface area contributed by atoms with Crippen molar-refractivity contribution < 1.29 is 0 Å². The van der Waals surface area contributed by atoms with Crippen LogP contribution in [0.2, 0.25) is 0 Å². The molecule has 2 aromatic rings. The first kappa shape index (κ1) is 14.5.